The lowest BCUT2D eigenvalue weighted by Gasteiger charge is -2.38. The van der Waals surface area contributed by atoms with Crippen molar-refractivity contribution < 1.29 is 4.74 Å². The van der Waals surface area contributed by atoms with Crippen molar-refractivity contribution in [3.8, 4) is 0 Å². The lowest BCUT2D eigenvalue weighted by Crippen LogP contribution is -2.48. The van der Waals surface area contributed by atoms with Crippen molar-refractivity contribution in [2.45, 2.75) is 57.1 Å². The monoisotopic (exact) mass is 240 g/mol. The van der Waals surface area contributed by atoms with Gasteiger partial charge in [-0.25, -0.2) is 0 Å². The van der Waals surface area contributed by atoms with Crippen LogP contribution in [0, 0.1) is 0 Å². The first-order valence-corrected chi connectivity index (χ1v) is 7.40. The minimum Gasteiger partial charge on any atom is -0.376 e. The van der Waals surface area contributed by atoms with Gasteiger partial charge in [0, 0.05) is 19.1 Å². The SMILES string of the molecule is CNCCC1CN(C2CCCCCC2)CCO1. The Labute approximate surface area is 106 Å². The number of rotatable bonds is 4. The Morgan fingerprint density at radius 1 is 1.18 bits per heavy atom. The Morgan fingerprint density at radius 2 is 1.94 bits per heavy atom. The molecule has 2 rings (SSSR count). The van der Waals surface area contributed by atoms with Gasteiger partial charge in [-0.2, -0.15) is 0 Å². The van der Waals surface area contributed by atoms with Crippen LogP contribution in [-0.2, 0) is 4.74 Å². The fourth-order valence-corrected chi connectivity index (χ4v) is 3.18. The Hall–Kier alpha value is -0.120. The molecule has 1 aliphatic carbocycles. The first-order valence-electron chi connectivity index (χ1n) is 7.40. The fourth-order valence-electron chi connectivity index (χ4n) is 3.18. The maximum absolute atomic E-state index is 5.85. The second-order valence-electron chi connectivity index (χ2n) is 5.53. The standard InChI is InChI=1S/C14H28N2O/c1-15-9-8-14-12-16(10-11-17-14)13-6-4-2-3-5-7-13/h13-15H,2-12H2,1H3. The predicted molar refractivity (Wildman–Crippen MR) is 71.3 cm³/mol. The van der Waals surface area contributed by atoms with Gasteiger partial charge in [0.15, 0.2) is 0 Å². The highest BCUT2D eigenvalue weighted by Crippen LogP contribution is 2.23. The third kappa shape index (κ3) is 4.23. The molecule has 3 nitrogen and oxygen atoms in total. The van der Waals surface area contributed by atoms with Gasteiger partial charge in [0.05, 0.1) is 12.7 Å². The third-order valence-corrected chi connectivity index (χ3v) is 4.23. The van der Waals surface area contributed by atoms with E-state index in [0.717, 1.165) is 38.7 Å². The third-order valence-electron chi connectivity index (χ3n) is 4.23. The van der Waals surface area contributed by atoms with Gasteiger partial charge in [-0.3, -0.25) is 4.90 Å². The van der Waals surface area contributed by atoms with Crippen molar-refractivity contribution >= 4 is 0 Å². The second-order valence-corrected chi connectivity index (χ2v) is 5.53. The van der Waals surface area contributed by atoms with Crippen molar-refractivity contribution in [3.63, 3.8) is 0 Å². The van der Waals surface area contributed by atoms with Crippen molar-refractivity contribution in [3.05, 3.63) is 0 Å². The predicted octanol–water partition coefficient (Wildman–Crippen LogP) is 2.02. The summed E-state index contributed by atoms with van der Waals surface area (Å²) in [7, 11) is 2.02. The van der Waals surface area contributed by atoms with Crippen LogP contribution in [0.25, 0.3) is 0 Å². The van der Waals surface area contributed by atoms with E-state index in [1.165, 1.54) is 38.5 Å². The normalized spacial score (nSPS) is 29.1. The number of hydrogen-bond acceptors (Lipinski definition) is 3. The van der Waals surface area contributed by atoms with Gasteiger partial charge in [0.1, 0.15) is 0 Å². The van der Waals surface area contributed by atoms with E-state index >= 15 is 0 Å². The maximum atomic E-state index is 5.85. The summed E-state index contributed by atoms with van der Waals surface area (Å²) >= 11 is 0. The molecule has 0 aromatic carbocycles. The highest BCUT2D eigenvalue weighted by atomic mass is 16.5. The molecule has 0 spiro atoms. The zero-order valence-electron chi connectivity index (χ0n) is 11.3. The number of nitrogens with zero attached hydrogens (tertiary/aromatic N) is 1. The van der Waals surface area contributed by atoms with E-state index in [4.69, 9.17) is 4.74 Å². The van der Waals surface area contributed by atoms with Gasteiger partial charge in [-0.15, -0.1) is 0 Å². The summed E-state index contributed by atoms with van der Waals surface area (Å²) in [6.45, 7) is 4.32. The molecule has 0 aromatic heterocycles. The number of hydrogen-bond donors (Lipinski definition) is 1. The van der Waals surface area contributed by atoms with Crippen LogP contribution in [0.2, 0.25) is 0 Å². The number of nitrogens with one attached hydrogen (secondary N) is 1. The highest BCUT2D eigenvalue weighted by Gasteiger charge is 2.26. The molecule has 1 atom stereocenters. The Kier molecular flexibility index (Phi) is 5.75. The fraction of sp³-hybridized carbons (Fsp3) is 1.00. The molecule has 0 amide bonds. The van der Waals surface area contributed by atoms with Crippen molar-refractivity contribution in [2.75, 3.05) is 33.3 Å². The average Bonchev–Trinajstić information content (AvgIpc) is 2.65. The van der Waals surface area contributed by atoms with Gasteiger partial charge >= 0.3 is 0 Å². The summed E-state index contributed by atoms with van der Waals surface area (Å²) in [5, 5.41) is 3.22. The van der Waals surface area contributed by atoms with Crippen LogP contribution in [0.4, 0.5) is 0 Å². The molecule has 1 heterocycles. The van der Waals surface area contributed by atoms with Crippen LogP contribution in [-0.4, -0.2) is 50.3 Å². The molecule has 0 radical (unpaired) electrons. The van der Waals surface area contributed by atoms with E-state index in [2.05, 4.69) is 10.2 Å². The molecule has 0 aromatic rings. The molecule has 100 valence electrons. The van der Waals surface area contributed by atoms with Crippen molar-refractivity contribution in [1.82, 2.24) is 10.2 Å². The smallest absolute Gasteiger partial charge is 0.0714 e. The molecule has 17 heavy (non-hydrogen) atoms. The summed E-state index contributed by atoms with van der Waals surface area (Å²) in [4.78, 5) is 2.70. The van der Waals surface area contributed by atoms with E-state index in [1.54, 1.807) is 0 Å². The zero-order chi connectivity index (χ0) is 11.9. The summed E-state index contributed by atoms with van der Waals surface area (Å²) < 4.78 is 5.85. The average molecular weight is 240 g/mol. The lowest BCUT2D eigenvalue weighted by atomic mass is 10.1. The largest absolute Gasteiger partial charge is 0.376 e. The zero-order valence-corrected chi connectivity index (χ0v) is 11.3. The van der Waals surface area contributed by atoms with Crippen LogP contribution in [0.15, 0.2) is 0 Å². The van der Waals surface area contributed by atoms with Gasteiger partial charge in [0.25, 0.3) is 0 Å². The Bertz CT molecular complexity index is 202. The second kappa shape index (κ2) is 7.34. The molecule has 1 N–H and O–H groups in total. The Balaban J connectivity index is 1.78. The van der Waals surface area contributed by atoms with Crippen LogP contribution in [0.1, 0.15) is 44.9 Å². The summed E-state index contributed by atoms with van der Waals surface area (Å²) in [5.41, 5.74) is 0. The molecule has 2 aliphatic rings. The molecular formula is C14H28N2O. The van der Waals surface area contributed by atoms with E-state index in [0.29, 0.717) is 6.10 Å². The number of ether oxygens (including phenoxy) is 1. The van der Waals surface area contributed by atoms with E-state index in [1.807, 2.05) is 7.05 Å². The van der Waals surface area contributed by atoms with Crippen molar-refractivity contribution in [2.24, 2.45) is 0 Å². The van der Waals surface area contributed by atoms with Crippen LogP contribution >= 0.6 is 0 Å². The topological polar surface area (TPSA) is 24.5 Å². The van der Waals surface area contributed by atoms with E-state index in [-0.39, 0.29) is 0 Å². The summed E-state index contributed by atoms with van der Waals surface area (Å²) in [6, 6.07) is 0.846. The molecule has 2 fully saturated rings. The maximum Gasteiger partial charge on any atom is 0.0714 e. The lowest BCUT2D eigenvalue weighted by molar-refractivity contribution is -0.0478. The minimum absolute atomic E-state index is 0.458. The van der Waals surface area contributed by atoms with Gasteiger partial charge < -0.3 is 10.1 Å². The quantitative estimate of drug-likeness (QED) is 0.761. The molecule has 1 unspecified atom stereocenters. The molecular weight excluding hydrogens is 212 g/mol. The molecule has 1 aliphatic heterocycles. The molecule has 1 saturated carbocycles. The highest BCUT2D eigenvalue weighted by molar-refractivity contribution is 4.80. The van der Waals surface area contributed by atoms with E-state index in [9.17, 15) is 0 Å². The summed E-state index contributed by atoms with van der Waals surface area (Å²) in [6.07, 6.45) is 10.2. The van der Waals surface area contributed by atoms with Gasteiger partial charge in [0.2, 0.25) is 0 Å². The number of morpholine rings is 1. The first kappa shape index (κ1) is 13.3. The molecule has 0 bridgehead atoms. The summed E-state index contributed by atoms with van der Waals surface area (Å²) in [5.74, 6) is 0. The molecule has 3 heteroatoms. The van der Waals surface area contributed by atoms with Crippen LogP contribution < -0.4 is 5.32 Å². The van der Waals surface area contributed by atoms with Crippen LogP contribution in [0.3, 0.4) is 0 Å². The molecule has 1 saturated heterocycles. The minimum atomic E-state index is 0.458. The van der Waals surface area contributed by atoms with E-state index < -0.39 is 0 Å². The van der Waals surface area contributed by atoms with Gasteiger partial charge in [-0.05, 0) is 32.9 Å². The van der Waals surface area contributed by atoms with Gasteiger partial charge in [-0.1, -0.05) is 25.7 Å². The first-order chi connectivity index (χ1) is 8.40. The van der Waals surface area contributed by atoms with Crippen molar-refractivity contribution in [1.29, 1.82) is 0 Å². The Morgan fingerprint density at radius 3 is 2.65 bits per heavy atom. The van der Waals surface area contributed by atoms with Crippen LogP contribution in [0.5, 0.6) is 0 Å².